The van der Waals surface area contributed by atoms with Crippen LogP contribution in [0.15, 0.2) is 36.4 Å². The van der Waals surface area contributed by atoms with E-state index in [1.165, 1.54) is 4.90 Å². The van der Waals surface area contributed by atoms with E-state index in [0.717, 1.165) is 33.0 Å². The standard InChI is InChI=1S/C15H10F2INO/c16-11-1-3-13(17)10(5-11)8-19-14-4-2-12(18)6-9(14)7-15(19)20/h1-6H,7-8H2. The van der Waals surface area contributed by atoms with Gasteiger partial charge in [0.25, 0.3) is 0 Å². The summed E-state index contributed by atoms with van der Waals surface area (Å²) < 4.78 is 27.9. The van der Waals surface area contributed by atoms with Crippen molar-refractivity contribution >= 4 is 34.2 Å². The van der Waals surface area contributed by atoms with Crippen molar-refractivity contribution in [2.45, 2.75) is 13.0 Å². The lowest BCUT2D eigenvalue weighted by Crippen LogP contribution is -2.26. The van der Waals surface area contributed by atoms with E-state index in [1.54, 1.807) is 0 Å². The van der Waals surface area contributed by atoms with E-state index in [1.807, 2.05) is 18.2 Å². The Bertz CT molecular complexity index is 702. The summed E-state index contributed by atoms with van der Waals surface area (Å²) in [4.78, 5) is 13.6. The fraction of sp³-hybridized carbons (Fsp3) is 0.133. The Labute approximate surface area is 128 Å². The highest BCUT2D eigenvalue weighted by Crippen LogP contribution is 2.31. The number of anilines is 1. The SMILES string of the molecule is O=C1Cc2cc(I)ccc2N1Cc1cc(F)ccc1F. The number of amides is 1. The molecule has 2 aromatic carbocycles. The zero-order valence-corrected chi connectivity index (χ0v) is 12.5. The zero-order valence-electron chi connectivity index (χ0n) is 10.4. The normalized spacial score (nSPS) is 13.8. The van der Waals surface area contributed by atoms with Crippen LogP contribution in [0.3, 0.4) is 0 Å². The van der Waals surface area contributed by atoms with Crippen LogP contribution in [0.5, 0.6) is 0 Å². The van der Waals surface area contributed by atoms with Crippen LogP contribution in [0.2, 0.25) is 0 Å². The summed E-state index contributed by atoms with van der Waals surface area (Å²) in [6.45, 7) is 0.0516. The molecule has 0 saturated carbocycles. The number of halogens is 3. The summed E-state index contributed by atoms with van der Waals surface area (Å²) in [5.74, 6) is -1.10. The molecule has 2 nitrogen and oxygen atoms in total. The molecule has 0 atom stereocenters. The first-order chi connectivity index (χ1) is 9.54. The van der Waals surface area contributed by atoms with Crippen molar-refractivity contribution in [1.29, 1.82) is 0 Å². The number of rotatable bonds is 2. The van der Waals surface area contributed by atoms with Crippen molar-refractivity contribution in [3.8, 4) is 0 Å². The van der Waals surface area contributed by atoms with Gasteiger partial charge in [0.15, 0.2) is 0 Å². The van der Waals surface area contributed by atoms with Gasteiger partial charge in [-0.15, -0.1) is 0 Å². The number of nitrogens with zero attached hydrogens (tertiary/aromatic N) is 1. The lowest BCUT2D eigenvalue weighted by atomic mass is 10.1. The fourth-order valence-electron chi connectivity index (χ4n) is 2.36. The zero-order chi connectivity index (χ0) is 14.3. The van der Waals surface area contributed by atoms with Gasteiger partial charge in [0.1, 0.15) is 11.6 Å². The molecule has 20 heavy (non-hydrogen) atoms. The van der Waals surface area contributed by atoms with E-state index in [2.05, 4.69) is 22.6 Å². The van der Waals surface area contributed by atoms with Gasteiger partial charge in [-0.25, -0.2) is 8.78 Å². The van der Waals surface area contributed by atoms with Crippen LogP contribution in [0.4, 0.5) is 14.5 Å². The van der Waals surface area contributed by atoms with Crippen LogP contribution in [0.1, 0.15) is 11.1 Å². The Morgan fingerprint density at radius 2 is 1.95 bits per heavy atom. The molecule has 3 rings (SSSR count). The van der Waals surface area contributed by atoms with Gasteiger partial charge in [0, 0.05) is 14.8 Å². The second-order valence-corrected chi connectivity index (χ2v) is 5.91. The van der Waals surface area contributed by atoms with Crippen molar-refractivity contribution in [2.24, 2.45) is 0 Å². The van der Waals surface area contributed by atoms with Gasteiger partial charge in [-0.2, -0.15) is 0 Å². The van der Waals surface area contributed by atoms with E-state index < -0.39 is 11.6 Å². The molecule has 5 heteroatoms. The molecule has 0 unspecified atom stereocenters. The number of carbonyl (C=O) groups excluding carboxylic acids is 1. The minimum absolute atomic E-state index is 0.0516. The van der Waals surface area contributed by atoms with Crippen molar-refractivity contribution < 1.29 is 13.6 Å². The van der Waals surface area contributed by atoms with E-state index in [9.17, 15) is 13.6 Å². The molecule has 0 spiro atoms. The predicted octanol–water partition coefficient (Wildman–Crippen LogP) is 3.66. The maximum atomic E-state index is 13.7. The van der Waals surface area contributed by atoms with Gasteiger partial charge in [0.05, 0.1) is 13.0 Å². The molecule has 0 aromatic heterocycles. The van der Waals surface area contributed by atoms with E-state index in [0.29, 0.717) is 6.42 Å². The average molecular weight is 385 g/mol. The van der Waals surface area contributed by atoms with Crippen LogP contribution < -0.4 is 4.90 Å². The van der Waals surface area contributed by atoms with Crippen LogP contribution in [0.25, 0.3) is 0 Å². The van der Waals surface area contributed by atoms with Crippen molar-refractivity contribution in [1.82, 2.24) is 0 Å². The Balaban J connectivity index is 1.96. The molecule has 0 fully saturated rings. The maximum absolute atomic E-state index is 13.7. The number of benzene rings is 2. The topological polar surface area (TPSA) is 20.3 Å². The Morgan fingerprint density at radius 3 is 2.75 bits per heavy atom. The highest BCUT2D eigenvalue weighted by Gasteiger charge is 2.28. The molecule has 0 aliphatic carbocycles. The molecule has 0 saturated heterocycles. The van der Waals surface area contributed by atoms with Gasteiger partial charge in [-0.3, -0.25) is 4.79 Å². The number of hydrogen-bond donors (Lipinski definition) is 0. The lowest BCUT2D eigenvalue weighted by Gasteiger charge is -2.18. The molecule has 1 amide bonds. The van der Waals surface area contributed by atoms with E-state index >= 15 is 0 Å². The lowest BCUT2D eigenvalue weighted by molar-refractivity contribution is -0.117. The molecule has 0 bridgehead atoms. The maximum Gasteiger partial charge on any atom is 0.231 e. The van der Waals surface area contributed by atoms with Crippen molar-refractivity contribution in [3.05, 3.63) is 62.7 Å². The highest BCUT2D eigenvalue weighted by atomic mass is 127. The Kier molecular flexibility index (Phi) is 3.45. The molecule has 1 heterocycles. The molecule has 0 radical (unpaired) electrons. The Hall–Kier alpha value is -1.50. The van der Waals surface area contributed by atoms with Gasteiger partial charge < -0.3 is 4.90 Å². The van der Waals surface area contributed by atoms with Gasteiger partial charge in [-0.05, 0) is 64.6 Å². The summed E-state index contributed by atoms with van der Waals surface area (Å²) in [6.07, 6.45) is 0.309. The highest BCUT2D eigenvalue weighted by molar-refractivity contribution is 14.1. The Morgan fingerprint density at radius 1 is 1.15 bits per heavy atom. The molecular formula is C15H10F2INO. The van der Waals surface area contributed by atoms with Crippen LogP contribution >= 0.6 is 22.6 Å². The third-order valence-electron chi connectivity index (χ3n) is 3.31. The third-order valence-corrected chi connectivity index (χ3v) is 3.98. The monoisotopic (exact) mass is 385 g/mol. The molecule has 1 aliphatic heterocycles. The number of carbonyl (C=O) groups is 1. The predicted molar refractivity (Wildman–Crippen MR) is 80.4 cm³/mol. The second-order valence-electron chi connectivity index (χ2n) is 4.67. The minimum Gasteiger partial charge on any atom is -0.307 e. The minimum atomic E-state index is -0.504. The number of fused-ring (bicyclic) bond motifs is 1. The van der Waals surface area contributed by atoms with Crippen LogP contribution in [-0.2, 0) is 17.8 Å². The summed E-state index contributed by atoms with van der Waals surface area (Å²) >= 11 is 2.18. The summed E-state index contributed by atoms with van der Waals surface area (Å²) in [6, 6.07) is 8.97. The van der Waals surface area contributed by atoms with Gasteiger partial charge >= 0.3 is 0 Å². The second kappa shape index (κ2) is 5.12. The smallest absolute Gasteiger partial charge is 0.231 e. The van der Waals surface area contributed by atoms with Gasteiger partial charge in [0.2, 0.25) is 5.91 Å². The fourth-order valence-corrected chi connectivity index (χ4v) is 2.92. The van der Waals surface area contributed by atoms with E-state index in [-0.39, 0.29) is 18.0 Å². The number of hydrogen-bond acceptors (Lipinski definition) is 1. The largest absolute Gasteiger partial charge is 0.307 e. The average Bonchev–Trinajstić information content (AvgIpc) is 2.69. The van der Waals surface area contributed by atoms with Crippen LogP contribution in [0, 0.1) is 15.2 Å². The van der Waals surface area contributed by atoms with E-state index in [4.69, 9.17) is 0 Å². The first kappa shape index (κ1) is 13.5. The summed E-state index contributed by atoms with van der Waals surface area (Å²) in [5, 5.41) is 0. The van der Waals surface area contributed by atoms with Crippen molar-refractivity contribution in [2.75, 3.05) is 4.90 Å². The molecule has 102 valence electrons. The third kappa shape index (κ3) is 2.42. The van der Waals surface area contributed by atoms with Crippen molar-refractivity contribution in [3.63, 3.8) is 0 Å². The molecule has 2 aromatic rings. The molecular weight excluding hydrogens is 375 g/mol. The molecule has 0 N–H and O–H groups in total. The van der Waals surface area contributed by atoms with Crippen LogP contribution in [-0.4, -0.2) is 5.91 Å². The van der Waals surface area contributed by atoms with Gasteiger partial charge in [-0.1, -0.05) is 0 Å². The first-order valence-corrected chi connectivity index (χ1v) is 7.15. The quantitative estimate of drug-likeness (QED) is 0.723. The summed E-state index contributed by atoms with van der Waals surface area (Å²) in [5.41, 5.74) is 1.89. The molecule has 1 aliphatic rings. The first-order valence-electron chi connectivity index (χ1n) is 6.07. The summed E-state index contributed by atoms with van der Waals surface area (Å²) in [7, 11) is 0.